The van der Waals surface area contributed by atoms with Gasteiger partial charge in [0.25, 0.3) is 0 Å². The van der Waals surface area contributed by atoms with E-state index < -0.39 is 20.7 Å². The van der Waals surface area contributed by atoms with Crippen LogP contribution in [0.25, 0.3) is 0 Å². The molecule has 6 heteroatoms. The molecule has 0 radical (unpaired) electrons. The van der Waals surface area contributed by atoms with Crippen LogP contribution in [0.5, 0.6) is 0 Å². The molecule has 0 aliphatic carbocycles. The molecule has 0 saturated heterocycles. The number of nitrogen functional groups attached to an aromatic ring is 1. The lowest BCUT2D eigenvalue weighted by molar-refractivity contribution is 0.289. The molecule has 1 aromatic carbocycles. The van der Waals surface area contributed by atoms with E-state index in [0.717, 1.165) is 6.07 Å². The summed E-state index contributed by atoms with van der Waals surface area (Å²) in [6, 6.07) is 2.32. The van der Waals surface area contributed by atoms with Crippen molar-refractivity contribution in [3.05, 3.63) is 23.5 Å². The monoisotopic (exact) mass is 316 g/mol. The van der Waals surface area contributed by atoms with E-state index in [0.29, 0.717) is 17.4 Å². The highest BCUT2D eigenvalue weighted by atomic mass is 32.2. The highest BCUT2D eigenvalue weighted by Crippen LogP contribution is 2.23. The van der Waals surface area contributed by atoms with Gasteiger partial charge in [0.1, 0.15) is 10.7 Å². The van der Waals surface area contributed by atoms with Crippen molar-refractivity contribution < 1.29 is 12.8 Å². The molecule has 0 bridgehead atoms. The van der Waals surface area contributed by atoms with Crippen molar-refractivity contribution in [1.82, 2.24) is 4.72 Å². The maximum atomic E-state index is 13.9. The Labute approximate surface area is 127 Å². The number of nitrogens with two attached hydrogens (primary N) is 1. The molecule has 0 saturated carbocycles. The van der Waals surface area contributed by atoms with E-state index in [4.69, 9.17) is 5.73 Å². The first-order valence-corrected chi connectivity index (χ1v) is 8.59. The molecule has 0 aromatic heterocycles. The minimum Gasteiger partial charge on any atom is -0.398 e. The summed E-state index contributed by atoms with van der Waals surface area (Å²) < 4.78 is 40.9. The summed E-state index contributed by atoms with van der Waals surface area (Å²) in [7, 11) is -3.90. The first-order chi connectivity index (χ1) is 9.56. The van der Waals surface area contributed by atoms with Crippen molar-refractivity contribution in [1.29, 1.82) is 0 Å². The molecule has 0 unspecified atom stereocenters. The predicted molar refractivity (Wildman–Crippen MR) is 83.9 cm³/mol. The lowest BCUT2D eigenvalue weighted by atomic mass is 9.86. The number of hydrogen-bond donors (Lipinski definition) is 2. The normalized spacial score (nSPS) is 12.6. The van der Waals surface area contributed by atoms with Gasteiger partial charge in [0.05, 0.1) is 0 Å². The quantitative estimate of drug-likeness (QED) is 0.793. The fourth-order valence-corrected chi connectivity index (χ4v) is 3.56. The van der Waals surface area contributed by atoms with Crippen LogP contribution in [0.4, 0.5) is 10.1 Å². The Morgan fingerprint density at radius 2 is 1.71 bits per heavy atom. The van der Waals surface area contributed by atoms with E-state index in [1.54, 1.807) is 6.92 Å². The van der Waals surface area contributed by atoms with Gasteiger partial charge in [-0.05, 0) is 42.4 Å². The molecule has 0 aliphatic rings. The average molecular weight is 316 g/mol. The standard InChI is InChI=1S/C15H25FN2O2S/c1-9(2)12(10(3)4)8-18-21(19,20)15-7-14(17)11(5)6-13(15)16/h6-7,9-10,12,18H,8,17H2,1-5H3. The maximum Gasteiger partial charge on any atom is 0.243 e. The van der Waals surface area contributed by atoms with Gasteiger partial charge in [-0.15, -0.1) is 0 Å². The first-order valence-electron chi connectivity index (χ1n) is 7.11. The van der Waals surface area contributed by atoms with Crippen LogP contribution in [-0.2, 0) is 10.0 Å². The van der Waals surface area contributed by atoms with Crippen LogP contribution in [0.2, 0.25) is 0 Å². The van der Waals surface area contributed by atoms with Crippen LogP contribution < -0.4 is 10.5 Å². The number of anilines is 1. The van der Waals surface area contributed by atoms with Crippen LogP contribution in [0, 0.1) is 30.5 Å². The first kappa shape index (κ1) is 17.9. The van der Waals surface area contributed by atoms with Crippen molar-refractivity contribution in [3.8, 4) is 0 Å². The molecule has 1 aromatic rings. The Hall–Kier alpha value is -1.14. The lowest BCUT2D eigenvalue weighted by Crippen LogP contribution is -2.34. The summed E-state index contributed by atoms with van der Waals surface area (Å²) in [5, 5.41) is 0. The highest BCUT2D eigenvalue weighted by molar-refractivity contribution is 7.89. The Morgan fingerprint density at radius 1 is 1.19 bits per heavy atom. The molecule has 0 fully saturated rings. The van der Waals surface area contributed by atoms with E-state index in [9.17, 15) is 12.8 Å². The molecule has 0 amide bonds. The summed E-state index contributed by atoms with van der Waals surface area (Å²) in [4.78, 5) is -0.392. The van der Waals surface area contributed by atoms with Crippen LogP contribution in [0.3, 0.4) is 0 Å². The minimum absolute atomic E-state index is 0.186. The number of rotatable bonds is 6. The summed E-state index contributed by atoms with van der Waals surface area (Å²) >= 11 is 0. The number of aryl methyl sites for hydroxylation is 1. The number of benzene rings is 1. The predicted octanol–water partition coefficient (Wildman–Crippen LogP) is 2.92. The van der Waals surface area contributed by atoms with Crippen molar-refractivity contribution in [2.45, 2.75) is 39.5 Å². The zero-order chi connectivity index (χ0) is 16.4. The van der Waals surface area contributed by atoms with Gasteiger partial charge >= 0.3 is 0 Å². The fourth-order valence-electron chi connectivity index (χ4n) is 2.40. The van der Waals surface area contributed by atoms with Gasteiger partial charge in [-0.25, -0.2) is 17.5 Å². The SMILES string of the molecule is Cc1cc(F)c(S(=O)(=O)NCC(C(C)C)C(C)C)cc1N. The van der Waals surface area contributed by atoms with Gasteiger partial charge in [0.2, 0.25) is 10.0 Å². The summed E-state index contributed by atoms with van der Waals surface area (Å²) in [6.07, 6.45) is 0. The second-order valence-electron chi connectivity index (χ2n) is 6.14. The van der Waals surface area contributed by atoms with Gasteiger partial charge in [-0.3, -0.25) is 0 Å². The Kier molecular flexibility index (Phi) is 5.75. The van der Waals surface area contributed by atoms with Gasteiger partial charge < -0.3 is 5.73 Å². The van der Waals surface area contributed by atoms with Gasteiger partial charge in [0, 0.05) is 12.2 Å². The van der Waals surface area contributed by atoms with Crippen LogP contribution in [0.15, 0.2) is 17.0 Å². The van der Waals surface area contributed by atoms with Gasteiger partial charge in [-0.1, -0.05) is 27.7 Å². The number of sulfonamides is 1. The van der Waals surface area contributed by atoms with E-state index in [2.05, 4.69) is 4.72 Å². The van der Waals surface area contributed by atoms with E-state index in [1.807, 2.05) is 27.7 Å². The van der Waals surface area contributed by atoms with Crippen LogP contribution in [-0.4, -0.2) is 15.0 Å². The van der Waals surface area contributed by atoms with Crippen molar-refractivity contribution in [2.75, 3.05) is 12.3 Å². The molecule has 0 heterocycles. The zero-order valence-electron chi connectivity index (χ0n) is 13.3. The summed E-state index contributed by atoms with van der Waals surface area (Å²) in [6.45, 7) is 10.1. The van der Waals surface area contributed by atoms with Crippen LogP contribution in [0.1, 0.15) is 33.3 Å². The summed E-state index contributed by atoms with van der Waals surface area (Å²) in [5.41, 5.74) is 6.47. The molecular weight excluding hydrogens is 291 g/mol. The third-order valence-electron chi connectivity index (χ3n) is 3.83. The van der Waals surface area contributed by atoms with Gasteiger partial charge in [0.15, 0.2) is 0 Å². The second-order valence-corrected chi connectivity index (χ2v) is 7.88. The number of halogens is 1. The summed E-state index contributed by atoms with van der Waals surface area (Å²) in [5.74, 6) is 0.0757. The van der Waals surface area contributed by atoms with E-state index >= 15 is 0 Å². The van der Waals surface area contributed by atoms with Crippen molar-refractivity contribution in [3.63, 3.8) is 0 Å². The Morgan fingerprint density at radius 3 is 2.19 bits per heavy atom. The lowest BCUT2D eigenvalue weighted by Gasteiger charge is -2.25. The van der Waals surface area contributed by atoms with Gasteiger partial charge in [-0.2, -0.15) is 0 Å². The highest BCUT2D eigenvalue weighted by Gasteiger charge is 2.24. The van der Waals surface area contributed by atoms with Crippen molar-refractivity contribution >= 4 is 15.7 Å². The maximum absolute atomic E-state index is 13.9. The van der Waals surface area contributed by atoms with E-state index in [-0.39, 0.29) is 18.2 Å². The van der Waals surface area contributed by atoms with Crippen molar-refractivity contribution in [2.24, 2.45) is 17.8 Å². The zero-order valence-corrected chi connectivity index (χ0v) is 14.1. The molecule has 3 N–H and O–H groups in total. The second kappa shape index (κ2) is 6.75. The smallest absolute Gasteiger partial charge is 0.243 e. The molecule has 0 spiro atoms. The average Bonchev–Trinajstić information content (AvgIpc) is 2.32. The Balaban J connectivity index is 3.00. The molecule has 0 aliphatic heterocycles. The Bertz CT molecular complexity index is 590. The fraction of sp³-hybridized carbons (Fsp3) is 0.600. The third-order valence-corrected chi connectivity index (χ3v) is 5.27. The molecule has 21 heavy (non-hydrogen) atoms. The third kappa shape index (κ3) is 4.41. The topological polar surface area (TPSA) is 72.2 Å². The molecule has 0 atom stereocenters. The molecule has 1 rings (SSSR count). The number of hydrogen-bond acceptors (Lipinski definition) is 3. The molecule has 120 valence electrons. The van der Waals surface area contributed by atoms with Crippen LogP contribution >= 0.6 is 0 Å². The number of nitrogens with one attached hydrogen (secondary N) is 1. The largest absolute Gasteiger partial charge is 0.398 e. The minimum atomic E-state index is -3.90. The van der Waals surface area contributed by atoms with E-state index in [1.165, 1.54) is 6.07 Å². The molecule has 4 nitrogen and oxygen atoms in total. The molecular formula is C15H25FN2O2S.